The first-order valence-corrected chi connectivity index (χ1v) is 7.01. The van der Waals surface area contributed by atoms with Crippen LogP contribution in [-0.2, 0) is 22.6 Å². The Kier molecular flexibility index (Phi) is 5.25. The Hall–Kier alpha value is -2.69. The summed E-state index contributed by atoms with van der Waals surface area (Å²) in [7, 11) is 0. The molecule has 0 bridgehead atoms. The number of rotatable bonds is 4. The van der Waals surface area contributed by atoms with Gasteiger partial charge >= 0.3 is 11.8 Å². The fraction of sp³-hybridized carbons (Fsp3) is 0.176. The van der Waals surface area contributed by atoms with E-state index in [1.54, 1.807) is 0 Å². The Balaban J connectivity index is 1.87. The first kappa shape index (κ1) is 15.7. The standard InChI is InChI=1S/C17H17FN2O2/c1-2-12-6-8-13(9-7-12)11-19-16(21)17(22)20-15-5-3-4-14(18)10-15/h3-10H,2,11H2,1H3,(H,19,21)(H,20,22). The van der Waals surface area contributed by atoms with E-state index in [1.807, 2.05) is 24.3 Å². The zero-order valence-electron chi connectivity index (χ0n) is 12.2. The topological polar surface area (TPSA) is 58.2 Å². The number of hydrogen-bond acceptors (Lipinski definition) is 2. The van der Waals surface area contributed by atoms with Crippen molar-refractivity contribution in [1.82, 2.24) is 5.32 Å². The summed E-state index contributed by atoms with van der Waals surface area (Å²) in [5, 5.41) is 4.87. The highest BCUT2D eigenvalue weighted by molar-refractivity contribution is 6.39. The molecule has 2 rings (SSSR count). The van der Waals surface area contributed by atoms with Gasteiger partial charge in [0.2, 0.25) is 0 Å². The van der Waals surface area contributed by atoms with Gasteiger partial charge in [0.1, 0.15) is 5.82 Å². The second kappa shape index (κ2) is 7.36. The Morgan fingerprint density at radius 1 is 1.00 bits per heavy atom. The van der Waals surface area contributed by atoms with Crippen LogP contribution in [0.3, 0.4) is 0 Å². The normalized spacial score (nSPS) is 10.1. The Labute approximate surface area is 128 Å². The van der Waals surface area contributed by atoms with E-state index >= 15 is 0 Å². The van der Waals surface area contributed by atoms with Gasteiger partial charge in [0.05, 0.1) is 0 Å². The van der Waals surface area contributed by atoms with Crippen LogP contribution in [0.15, 0.2) is 48.5 Å². The predicted molar refractivity (Wildman–Crippen MR) is 82.7 cm³/mol. The van der Waals surface area contributed by atoms with Crippen LogP contribution < -0.4 is 10.6 Å². The van der Waals surface area contributed by atoms with Crippen LogP contribution in [-0.4, -0.2) is 11.8 Å². The lowest BCUT2D eigenvalue weighted by molar-refractivity contribution is -0.136. The predicted octanol–water partition coefficient (Wildman–Crippen LogP) is 2.64. The molecule has 0 saturated heterocycles. The Morgan fingerprint density at radius 3 is 2.32 bits per heavy atom. The first-order chi connectivity index (χ1) is 10.6. The summed E-state index contributed by atoms with van der Waals surface area (Å²) in [5.41, 5.74) is 2.36. The van der Waals surface area contributed by atoms with Gasteiger partial charge in [-0.25, -0.2) is 4.39 Å². The molecular formula is C17H17FN2O2. The summed E-state index contributed by atoms with van der Waals surface area (Å²) in [6.07, 6.45) is 0.947. The summed E-state index contributed by atoms with van der Waals surface area (Å²) in [5.74, 6) is -2.06. The summed E-state index contributed by atoms with van der Waals surface area (Å²) in [4.78, 5) is 23.4. The van der Waals surface area contributed by atoms with E-state index in [2.05, 4.69) is 17.6 Å². The Bertz CT molecular complexity index is 669. The van der Waals surface area contributed by atoms with Gasteiger partial charge in [-0.1, -0.05) is 37.3 Å². The molecule has 0 radical (unpaired) electrons. The molecule has 0 atom stereocenters. The molecule has 2 amide bonds. The molecule has 0 heterocycles. The molecule has 0 aliphatic rings. The van der Waals surface area contributed by atoms with Gasteiger partial charge in [0, 0.05) is 12.2 Å². The number of aryl methyl sites for hydroxylation is 1. The van der Waals surface area contributed by atoms with Crippen LogP contribution in [0.4, 0.5) is 10.1 Å². The molecule has 0 aromatic heterocycles. The van der Waals surface area contributed by atoms with Crippen LogP contribution in [0.1, 0.15) is 18.1 Å². The number of hydrogen-bond donors (Lipinski definition) is 2. The van der Waals surface area contributed by atoms with Crippen molar-refractivity contribution in [1.29, 1.82) is 0 Å². The minimum atomic E-state index is -0.823. The highest BCUT2D eigenvalue weighted by Gasteiger charge is 2.13. The molecule has 0 aliphatic carbocycles. The van der Waals surface area contributed by atoms with Crippen molar-refractivity contribution in [2.75, 3.05) is 5.32 Å². The number of halogens is 1. The minimum absolute atomic E-state index is 0.243. The van der Waals surface area contributed by atoms with Crippen molar-refractivity contribution in [3.8, 4) is 0 Å². The molecule has 0 aliphatic heterocycles. The number of carbonyl (C=O) groups is 2. The highest BCUT2D eigenvalue weighted by Crippen LogP contribution is 2.09. The van der Waals surface area contributed by atoms with E-state index in [0.717, 1.165) is 18.1 Å². The summed E-state index contributed by atoms with van der Waals surface area (Å²) in [6.45, 7) is 2.33. The van der Waals surface area contributed by atoms with Gasteiger partial charge < -0.3 is 10.6 Å². The monoisotopic (exact) mass is 300 g/mol. The van der Waals surface area contributed by atoms with Crippen molar-refractivity contribution >= 4 is 17.5 Å². The van der Waals surface area contributed by atoms with E-state index in [9.17, 15) is 14.0 Å². The number of carbonyl (C=O) groups excluding carboxylic acids is 2. The fourth-order valence-corrected chi connectivity index (χ4v) is 1.91. The van der Waals surface area contributed by atoms with Gasteiger partial charge in [-0.15, -0.1) is 0 Å². The zero-order chi connectivity index (χ0) is 15.9. The molecule has 22 heavy (non-hydrogen) atoms. The third-order valence-electron chi connectivity index (χ3n) is 3.17. The van der Waals surface area contributed by atoms with Gasteiger partial charge in [0.15, 0.2) is 0 Å². The average Bonchev–Trinajstić information content (AvgIpc) is 2.53. The molecule has 2 N–H and O–H groups in total. The quantitative estimate of drug-likeness (QED) is 0.853. The molecule has 2 aromatic carbocycles. The van der Waals surface area contributed by atoms with Gasteiger partial charge in [-0.3, -0.25) is 9.59 Å². The maximum absolute atomic E-state index is 13.0. The number of anilines is 1. The van der Waals surface area contributed by atoms with E-state index in [-0.39, 0.29) is 12.2 Å². The van der Waals surface area contributed by atoms with E-state index in [4.69, 9.17) is 0 Å². The SMILES string of the molecule is CCc1ccc(CNC(=O)C(=O)Nc2cccc(F)c2)cc1. The molecule has 114 valence electrons. The van der Waals surface area contributed by atoms with E-state index in [1.165, 1.54) is 23.8 Å². The lowest BCUT2D eigenvalue weighted by Crippen LogP contribution is -2.34. The molecule has 0 unspecified atom stereocenters. The summed E-state index contributed by atoms with van der Waals surface area (Å²) in [6, 6.07) is 13.1. The minimum Gasteiger partial charge on any atom is -0.344 e. The fourth-order valence-electron chi connectivity index (χ4n) is 1.91. The number of benzene rings is 2. The molecule has 4 nitrogen and oxygen atoms in total. The zero-order valence-corrected chi connectivity index (χ0v) is 12.2. The van der Waals surface area contributed by atoms with Crippen LogP contribution in [0.2, 0.25) is 0 Å². The van der Waals surface area contributed by atoms with Gasteiger partial charge in [-0.2, -0.15) is 0 Å². The molecule has 0 saturated carbocycles. The summed E-state index contributed by atoms with van der Waals surface area (Å²) >= 11 is 0. The largest absolute Gasteiger partial charge is 0.344 e. The van der Waals surface area contributed by atoms with E-state index < -0.39 is 17.6 Å². The maximum Gasteiger partial charge on any atom is 0.313 e. The number of amides is 2. The smallest absolute Gasteiger partial charge is 0.313 e. The molecule has 0 fully saturated rings. The third-order valence-corrected chi connectivity index (χ3v) is 3.17. The maximum atomic E-state index is 13.0. The van der Waals surface area contributed by atoms with Crippen molar-refractivity contribution in [2.45, 2.75) is 19.9 Å². The molecule has 5 heteroatoms. The lowest BCUT2D eigenvalue weighted by atomic mass is 10.1. The van der Waals surface area contributed by atoms with Crippen LogP contribution in [0, 0.1) is 5.82 Å². The third kappa shape index (κ3) is 4.41. The summed E-state index contributed by atoms with van der Waals surface area (Å²) < 4.78 is 13.0. The number of nitrogens with one attached hydrogen (secondary N) is 2. The van der Waals surface area contributed by atoms with Crippen molar-refractivity contribution in [2.24, 2.45) is 0 Å². The second-order valence-electron chi connectivity index (χ2n) is 4.82. The van der Waals surface area contributed by atoms with Crippen LogP contribution in [0.5, 0.6) is 0 Å². The molecule has 2 aromatic rings. The molecular weight excluding hydrogens is 283 g/mol. The second-order valence-corrected chi connectivity index (χ2v) is 4.82. The first-order valence-electron chi connectivity index (χ1n) is 7.01. The van der Waals surface area contributed by atoms with Crippen molar-refractivity contribution in [3.63, 3.8) is 0 Å². The van der Waals surface area contributed by atoms with Crippen LogP contribution >= 0.6 is 0 Å². The van der Waals surface area contributed by atoms with Crippen LogP contribution in [0.25, 0.3) is 0 Å². The van der Waals surface area contributed by atoms with E-state index in [0.29, 0.717) is 0 Å². The van der Waals surface area contributed by atoms with Gasteiger partial charge in [-0.05, 0) is 35.7 Å². The van der Waals surface area contributed by atoms with Crippen molar-refractivity contribution < 1.29 is 14.0 Å². The van der Waals surface area contributed by atoms with Crippen molar-refractivity contribution in [3.05, 3.63) is 65.5 Å². The average molecular weight is 300 g/mol. The highest BCUT2D eigenvalue weighted by atomic mass is 19.1. The Morgan fingerprint density at radius 2 is 1.68 bits per heavy atom. The molecule has 0 spiro atoms. The lowest BCUT2D eigenvalue weighted by Gasteiger charge is -2.07. The van der Waals surface area contributed by atoms with Gasteiger partial charge in [0.25, 0.3) is 0 Å².